The molecule has 2 saturated carbocycles. The molecule has 160 valence electrons. The average molecular weight is 385 g/mol. The van der Waals surface area contributed by atoms with Crippen LogP contribution < -0.4 is 0 Å². The largest absolute Gasteiger partial charge is 0.0848 e. The lowest BCUT2D eigenvalue weighted by molar-refractivity contribution is 0.207. The molecule has 0 bridgehead atoms. The lowest BCUT2D eigenvalue weighted by Gasteiger charge is -2.34. The third-order valence-corrected chi connectivity index (χ3v) is 8.37. The highest BCUT2D eigenvalue weighted by Crippen LogP contribution is 2.40. The Labute approximate surface area is 176 Å². The smallest absolute Gasteiger partial charge is 0.00531 e. The van der Waals surface area contributed by atoms with Gasteiger partial charge in [0.25, 0.3) is 0 Å². The van der Waals surface area contributed by atoms with Crippen molar-refractivity contribution in [3.05, 3.63) is 24.3 Å². The van der Waals surface area contributed by atoms with Gasteiger partial charge in [0.2, 0.25) is 0 Å². The minimum absolute atomic E-state index is 0.731. The maximum Gasteiger partial charge on any atom is -0.00531 e. The van der Waals surface area contributed by atoms with Crippen molar-refractivity contribution in [2.45, 2.75) is 117 Å². The van der Waals surface area contributed by atoms with E-state index in [2.05, 4.69) is 38.2 Å². The summed E-state index contributed by atoms with van der Waals surface area (Å²) in [5.74, 6) is 5.59. The van der Waals surface area contributed by atoms with Gasteiger partial charge >= 0.3 is 0 Å². The number of unbranched alkanes of at least 4 members (excludes halogenated alkanes) is 2. The summed E-state index contributed by atoms with van der Waals surface area (Å²) in [4.78, 5) is 0. The summed E-state index contributed by atoms with van der Waals surface area (Å²) in [6.07, 6.45) is 33.7. The van der Waals surface area contributed by atoms with Gasteiger partial charge in [0.05, 0.1) is 0 Å². The second-order valence-electron chi connectivity index (χ2n) is 10.5. The highest BCUT2D eigenvalue weighted by Gasteiger charge is 2.27. The molecule has 2 fully saturated rings. The molecule has 0 N–H and O–H groups in total. The van der Waals surface area contributed by atoms with Crippen molar-refractivity contribution in [1.82, 2.24) is 0 Å². The van der Waals surface area contributed by atoms with Crippen LogP contribution >= 0.6 is 0 Å². The summed E-state index contributed by atoms with van der Waals surface area (Å²) in [7, 11) is 0. The molecule has 0 aromatic heterocycles. The van der Waals surface area contributed by atoms with Crippen molar-refractivity contribution in [3.63, 3.8) is 0 Å². The molecule has 2 atom stereocenters. The summed E-state index contributed by atoms with van der Waals surface area (Å²) >= 11 is 0. The molecule has 0 nitrogen and oxygen atoms in total. The number of hydrogen-bond donors (Lipinski definition) is 0. The minimum Gasteiger partial charge on any atom is -0.0848 e. The SMILES string of the molecule is CCCCCC1CCC(C=CC2C=CC(C3CCC(CCC)CC3)CC2)CC1. The predicted molar refractivity (Wildman–Crippen MR) is 124 cm³/mol. The number of hydrogen-bond acceptors (Lipinski definition) is 0. The van der Waals surface area contributed by atoms with Gasteiger partial charge in [-0.15, -0.1) is 0 Å². The molecule has 0 aromatic rings. The summed E-state index contributed by atoms with van der Waals surface area (Å²) in [5, 5.41) is 0. The van der Waals surface area contributed by atoms with Crippen LogP contribution in [0.2, 0.25) is 0 Å². The van der Waals surface area contributed by atoms with Crippen LogP contribution in [0.3, 0.4) is 0 Å². The highest BCUT2D eigenvalue weighted by molar-refractivity contribution is 5.08. The van der Waals surface area contributed by atoms with Gasteiger partial charge in [-0.1, -0.05) is 89.5 Å². The van der Waals surface area contributed by atoms with Gasteiger partial charge in [-0.25, -0.2) is 0 Å². The first-order valence-corrected chi connectivity index (χ1v) is 13.1. The second kappa shape index (κ2) is 12.2. The fourth-order valence-electron chi connectivity index (χ4n) is 6.38. The van der Waals surface area contributed by atoms with Crippen molar-refractivity contribution in [2.24, 2.45) is 35.5 Å². The third-order valence-electron chi connectivity index (χ3n) is 8.37. The Morgan fingerprint density at radius 3 is 2.00 bits per heavy atom. The fourth-order valence-corrected chi connectivity index (χ4v) is 6.38. The standard InChI is InChI=1S/C28H48/c1-3-5-6-8-24-9-11-25(12-10-24)13-14-26-17-21-28(22-18-26)27-19-15-23(7-4-2)16-20-27/h13-14,17,21,23-28H,3-12,15-16,18-20,22H2,1-2H3. The summed E-state index contributed by atoms with van der Waals surface area (Å²) in [5.41, 5.74) is 0. The topological polar surface area (TPSA) is 0 Å². The second-order valence-corrected chi connectivity index (χ2v) is 10.5. The van der Waals surface area contributed by atoms with Crippen molar-refractivity contribution >= 4 is 0 Å². The van der Waals surface area contributed by atoms with Gasteiger partial charge in [-0.05, 0) is 86.9 Å². The van der Waals surface area contributed by atoms with Crippen molar-refractivity contribution < 1.29 is 0 Å². The van der Waals surface area contributed by atoms with Crippen molar-refractivity contribution in [2.75, 3.05) is 0 Å². The lowest BCUT2D eigenvalue weighted by Crippen LogP contribution is -2.23. The van der Waals surface area contributed by atoms with E-state index >= 15 is 0 Å². The molecule has 3 aliphatic rings. The van der Waals surface area contributed by atoms with E-state index < -0.39 is 0 Å². The molecule has 3 aliphatic carbocycles. The molecule has 0 saturated heterocycles. The maximum atomic E-state index is 2.62. The molecule has 0 spiro atoms. The van der Waals surface area contributed by atoms with Gasteiger partial charge in [0, 0.05) is 0 Å². The monoisotopic (exact) mass is 384 g/mol. The van der Waals surface area contributed by atoms with E-state index in [-0.39, 0.29) is 0 Å². The van der Waals surface area contributed by atoms with Crippen molar-refractivity contribution in [1.29, 1.82) is 0 Å². The normalized spacial score (nSPS) is 36.8. The molecular formula is C28H48. The van der Waals surface area contributed by atoms with Crippen LogP contribution in [0.5, 0.6) is 0 Å². The molecule has 0 amide bonds. The molecule has 0 aliphatic heterocycles. The summed E-state index contributed by atoms with van der Waals surface area (Å²) in [6.45, 7) is 4.67. The van der Waals surface area contributed by atoms with Crippen LogP contribution in [-0.4, -0.2) is 0 Å². The number of rotatable bonds is 9. The zero-order valence-corrected chi connectivity index (χ0v) is 19.1. The maximum absolute atomic E-state index is 2.62. The Kier molecular flexibility index (Phi) is 9.69. The van der Waals surface area contributed by atoms with Gasteiger partial charge < -0.3 is 0 Å². The van der Waals surface area contributed by atoms with Crippen LogP contribution in [0.25, 0.3) is 0 Å². The van der Waals surface area contributed by atoms with Gasteiger partial charge in [-0.2, -0.15) is 0 Å². The zero-order chi connectivity index (χ0) is 19.6. The Hall–Kier alpha value is -0.520. The summed E-state index contributed by atoms with van der Waals surface area (Å²) < 4.78 is 0. The number of allylic oxidation sites excluding steroid dienone is 4. The molecule has 2 unspecified atom stereocenters. The Balaban J connectivity index is 1.34. The van der Waals surface area contributed by atoms with E-state index in [1.807, 2.05) is 0 Å². The van der Waals surface area contributed by atoms with E-state index in [1.54, 1.807) is 0 Å². The third kappa shape index (κ3) is 7.07. The molecule has 0 heterocycles. The fraction of sp³-hybridized carbons (Fsp3) is 0.857. The van der Waals surface area contributed by atoms with E-state index in [1.165, 1.54) is 103 Å². The van der Waals surface area contributed by atoms with Gasteiger partial charge in [0.15, 0.2) is 0 Å². The summed E-state index contributed by atoms with van der Waals surface area (Å²) in [6, 6.07) is 0. The zero-order valence-electron chi connectivity index (χ0n) is 19.1. The Morgan fingerprint density at radius 1 is 0.643 bits per heavy atom. The van der Waals surface area contributed by atoms with Gasteiger partial charge in [0.1, 0.15) is 0 Å². The molecule has 0 heteroatoms. The minimum atomic E-state index is 0.731. The van der Waals surface area contributed by atoms with E-state index in [0.717, 1.165) is 35.5 Å². The van der Waals surface area contributed by atoms with Crippen LogP contribution in [0.15, 0.2) is 24.3 Å². The molecular weight excluding hydrogens is 336 g/mol. The van der Waals surface area contributed by atoms with Crippen LogP contribution in [0, 0.1) is 35.5 Å². The quantitative estimate of drug-likeness (QED) is 0.274. The first kappa shape index (κ1) is 22.2. The van der Waals surface area contributed by atoms with Crippen LogP contribution in [-0.2, 0) is 0 Å². The first-order chi connectivity index (χ1) is 13.8. The Bertz CT molecular complexity index is 456. The molecule has 0 aromatic carbocycles. The molecule has 28 heavy (non-hydrogen) atoms. The van der Waals surface area contributed by atoms with Crippen LogP contribution in [0.4, 0.5) is 0 Å². The van der Waals surface area contributed by atoms with E-state index in [0.29, 0.717) is 0 Å². The predicted octanol–water partition coefficient (Wildman–Crippen LogP) is 9.12. The van der Waals surface area contributed by atoms with Crippen LogP contribution in [0.1, 0.15) is 117 Å². The Morgan fingerprint density at radius 2 is 1.36 bits per heavy atom. The average Bonchev–Trinajstić information content (AvgIpc) is 2.75. The van der Waals surface area contributed by atoms with Gasteiger partial charge in [-0.3, -0.25) is 0 Å². The molecule has 0 radical (unpaired) electrons. The van der Waals surface area contributed by atoms with E-state index in [4.69, 9.17) is 0 Å². The van der Waals surface area contributed by atoms with Crippen molar-refractivity contribution in [3.8, 4) is 0 Å². The highest BCUT2D eigenvalue weighted by atomic mass is 14.3. The first-order valence-electron chi connectivity index (χ1n) is 13.1. The molecule has 3 rings (SSSR count). The van der Waals surface area contributed by atoms with E-state index in [9.17, 15) is 0 Å². The lowest BCUT2D eigenvalue weighted by atomic mass is 9.71.